The third kappa shape index (κ3) is 3.16. The summed E-state index contributed by atoms with van der Waals surface area (Å²) in [5, 5.41) is 8.46. The molecule has 0 amide bonds. The molecule has 0 spiro atoms. The minimum absolute atomic E-state index is 0.274. The number of aromatic nitrogens is 3. The summed E-state index contributed by atoms with van der Waals surface area (Å²) in [6.45, 7) is 5.75. The topological polar surface area (TPSA) is 34.0 Å². The Bertz CT molecular complexity index is 597. The van der Waals surface area contributed by atoms with E-state index in [9.17, 15) is 4.39 Å². The van der Waals surface area contributed by atoms with Gasteiger partial charge in [0.2, 0.25) is 0 Å². The molecule has 0 aliphatic heterocycles. The van der Waals surface area contributed by atoms with Crippen molar-refractivity contribution in [2.45, 2.75) is 33.5 Å². The van der Waals surface area contributed by atoms with Crippen molar-refractivity contribution >= 4 is 11.6 Å². The summed E-state index contributed by atoms with van der Waals surface area (Å²) in [7, 11) is 1.91. The van der Waals surface area contributed by atoms with Crippen molar-refractivity contribution in [1.82, 2.24) is 19.7 Å². The Morgan fingerprint density at radius 2 is 2.10 bits per heavy atom. The van der Waals surface area contributed by atoms with Crippen molar-refractivity contribution in [3.63, 3.8) is 0 Å². The second-order valence-electron chi connectivity index (χ2n) is 4.86. The molecule has 0 N–H and O–H groups in total. The zero-order valence-corrected chi connectivity index (χ0v) is 12.7. The zero-order valence-electron chi connectivity index (χ0n) is 11.9. The fraction of sp³-hybridized carbons (Fsp3) is 0.429. The van der Waals surface area contributed by atoms with Crippen LogP contribution in [0.2, 0.25) is 5.02 Å². The second-order valence-corrected chi connectivity index (χ2v) is 5.24. The lowest BCUT2D eigenvalue weighted by Crippen LogP contribution is -2.21. The van der Waals surface area contributed by atoms with Crippen LogP contribution in [0.4, 0.5) is 4.39 Å². The molecular formula is C14H18ClFN4. The Morgan fingerprint density at radius 1 is 1.35 bits per heavy atom. The number of aryl methyl sites for hydroxylation is 2. The van der Waals surface area contributed by atoms with Crippen molar-refractivity contribution in [3.05, 3.63) is 46.3 Å². The molecule has 0 bridgehead atoms. The van der Waals surface area contributed by atoms with Gasteiger partial charge < -0.3 is 4.57 Å². The van der Waals surface area contributed by atoms with Crippen molar-refractivity contribution in [3.8, 4) is 0 Å². The Morgan fingerprint density at radius 3 is 2.80 bits per heavy atom. The van der Waals surface area contributed by atoms with E-state index >= 15 is 0 Å². The molecule has 0 aliphatic rings. The van der Waals surface area contributed by atoms with Gasteiger partial charge in [0.25, 0.3) is 0 Å². The van der Waals surface area contributed by atoms with E-state index in [1.807, 2.05) is 30.4 Å². The van der Waals surface area contributed by atoms with Gasteiger partial charge in [0.1, 0.15) is 18.0 Å². The number of nitrogens with zero attached hydrogens (tertiary/aromatic N) is 4. The van der Waals surface area contributed by atoms with E-state index in [0.717, 1.165) is 17.9 Å². The first kappa shape index (κ1) is 14.9. The molecular weight excluding hydrogens is 279 g/mol. The average molecular weight is 297 g/mol. The molecule has 0 saturated carbocycles. The molecule has 1 aromatic carbocycles. The first-order valence-corrected chi connectivity index (χ1v) is 6.89. The van der Waals surface area contributed by atoms with Gasteiger partial charge in [-0.15, -0.1) is 10.2 Å². The average Bonchev–Trinajstić information content (AvgIpc) is 2.86. The van der Waals surface area contributed by atoms with E-state index in [4.69, 9.17) is 11.6 Å². The normalized spacial score (nSPS) is 11.3. The molecule has 2 aromatic rings. The lowest BCUT2D eigenvalue weighted by molar-refractivity contribution is 0.300. The molecule has 0 aliphatic carbocycles. The summed E-state index contributed by atoms with van der Waals surface area (Å²) in [5.41, 5.74) is 1.41. The van der Waals surface area contributed by atoms with E-state index < -0.39 is 0 Å². The lowest BCUT2D eigenvalue weighted by Gasteiger charge is -2.18. The first-order chi connectivity index (χ1) is 9.52. The number of hydrogen-bond donors (Lipinski definition) is 0. The predicted octanol–water partition coefficient (Wildman–Crippen LogP) is 3.03. The second kappa shape index (κ2) is 6.33. The van der Waals surface area contributed by atoms with Gasteiger partial charge in [-0.2, -0.15) is 0 Å². The van der Waals surface area contributed by atoms with Crippen LogP contribution < -0.4 is 0 Å². The summed E-state index contributed by atoms with van der Waals surface area (Å²) >= 11 is 6.18. The summed E-state index contributed by atoms with van der Waals surface area (Å²) < 4.78 is 15.8. The van der Waals surface area contributed by atoms with Crippen molar-refractivity contribution in [2.24, 2.45) is 0 Å². The molecule has 2 rings (SSSR count). The van der Waals surface area contributed by atoms with Crippen LogP contribution in [-0.4, -0.2) is 26.7 Å². The molecule has 0 radical (unpaired) electrons. The first-order valence-electron chi connectivity index (χ1n) is 6.51. The van der Waals surface area contributed by atoms with Gasteiger partial charge >= 0.3 is 0 Å². The van der Waals surface area contributed by atoms with E-state index in [2.05, 4.69) is 10.2 Å². The molecule has 6 heteroatoms. The van der Waals surface area contributed by atoms with Gasteiger partial charge in [-0.25, -0.2) is 4.39 Å². The van der Waals surface area contributed by atoms with Gasteiger partial charge in [0.15, 0.2) is 0 Å². The maximum absolute atomic E-state index is 13.9. The van der Waals surface area contributed by atoms with Crippen LogP contribution in [-0.2, 0) is 19.6 Å². The Labute approximate surface area is 123 Å². The third-order valence-corrected chi connectivity index (χ3v) is 3.78. The summed E-state index contributed by atoms with van der Waals surface area (Å²) in [5.74, 6) is 0.587. The quantitative estimate of drug-likeness (QED) is 0.850. The highest BCUT2D eigenvalue weighted by Crippen LogP contribution is 2.24. The smallest absolute Gasteiger partial charge is 0.146 e. The van der Waals surface area contributed by atoms with E-state index in [0.29, 0.717) is 23.7 Å². The molecule has 1 heterocycles. The van der Waals surface area contributed by atoms with Crippen LogP contribution in [0.3, 0.4) is 0 Å². The highest BCUT2D eigenvalue weighted by Gasteiger charge is 2.14. The van der Waals surface area contributed by atoms with Crippen LogP contribution >= 0.6 is 11.6 Å². The summed E-state index contributed by atoms with van der Waals surface area (Å²) in [6.07, 6.45) is 1.70. The highest BCUT2D eigenvalue weighted by molar-refractivity contribution is 6.32. The Hall–Kier alpha value is -1.46. The van der Waals surface area contributed by atoms with Gasteiger partial charge in [-0.1, -0.05) is 17.7 Å². The molecule has 4 nitrogen and oxygen atoms in total. The Kier molecular flexibility index (Phi) is 4.73. The Balaban J connectivity index is 2.12. The van der Waals surface area contributed by atoms with Crippen LogP contribution in [0.5, 0.6) is 0 Å². The van der Waals surface area contributed by atoms with Gasteiger partial charge in [-0.3, -0.25) is 4.90 Å². The number of halogens is 2. The number of benzene rings is 1. The minimum atomic E-state index is -0.274. The molecule has 0 saturated heterocycles. The van der Waals surface area contributed by atoms with Crippen molar-refractivity contribution in [2.75, 3.05) is 7.05 Å². The van der Waals surface area contributed by atoms with Crippen molar-refractivity contribution < 1.29 is 4.39 Å². The maximum Gasteiger partial charge on any atom is 0.146 e. The molecule has 0 atom stereocenters. The summed E-state index contributed by atoms with van der Waals surface area (Å²) in [6, 6.07) is 3.15. The van der Waals surface area contributed by atoms with E-state index in [-0.39, 0.29) is 5.82 Å². The zero-order chi connectivity index (χ0) is 14.7. The monoisotopic (exact) mass is 296 g/mol. The number of hydrogen-bond acceptors (Lipinski definition) is 3. The molecule has 20 heavy (non-hydrogen) atoms. The fourth-order valence-electron chi connectivity index (χ4n) is 2.09. The maximum atomic E-state index is 13.9. The van der Waals surface area contributed by atoms with Crippen LogP contribution in [0.25, 0.3) is 0 Å². The number of rotatable bonds is 5. The fourth-order valence-corrected chi connectivity index (χ4v) is 2.31. The van der Waals surface area contributed by atoms with Gasteiger partial charge in [0.05, 0.1) is 11.6 Å². The third-order valence-electron chi connectivity index (χ3n) is 3.25. The lowest BCUT2D eigenvalue weighted by atomic mass is 10.1. The SMILES string of the molecule is CCn1cnnc1CN(C)Cc1c(F)ccc(C)c1Cl. The highest BCUT2D eigenvalue weighted by atomic mass is 35.5. The van der Waals surface area contributed by atoms with Gasteiger partial charge in [-0.05, 0) is 32.5 Å². The molecule has 0 fully saturated rings. The van der Waals surface area contributed by atoms with Crippen LogP contribution in [0.15, 0.2) is 18.5 Å². The van der Waals surface area contributed by atoms with Gasteiger partial charge in [0, 0.05) is 18.7 Å². The van der Waals surface area contributed by atoms with Crippen LogP contribution in [0, 0.1) is 12.7 Å². The van der Waals surface area contributed by atoms with Crippen LogP contribution in [0.1, 0.15) is 23.9 Å². The van der Waals surface area contributed by atoms with Crippen molar-refractivity contribution in [1.29, 1.82) is 0 Å². The minimum Gasteiger partial charge on any atom is -0.317 e. The standard InChI is InChI=1S/C14H18ClFN4/c1-4-20-9-17-18-13(20)8-19(3)7-11-12(16)6-5-10(2)14(11)15/h5-6,9H,4,7-8H2,1-3H3. The van der Waals surface area contributed by atoms with E-state index in [1.165, 1.54) is 6.07 Å². The van der Waals surface area contributed by atoms with E-state index in [1.54, 1.807) is 12.4 Å². The molecule has 0 unspecified atom stereocenters. The summed E-state index contributed by atoms with van der Waals surface area (Å²) in [4.78, 5) is 1.97. The molecule has 108 valence electrons. The predicted molar refractivity (Wildman–Crippen MR) is 77.0 cm³/mol. The molecule has 1 aromatic heterocycles. The largest absolute Gasteiger partial charge is 0.317 e.